The Morgan fingerprint density at radius 3 is 2.86 bits per heavy atom. The molecule has 6 heteroatoms. The lowest BCUT2D eigenvalue weighted by Crippen LogP contribution is -1.81. The second-order valence-electron chi connectivity index (χ2n) is 2.49. The van der Waals surface area contributed by atoms with Crippen LogP contribution in [0.2, 0.25) is 0 Å². The first-order chi connectivity index (χ1) is 6.79. The van der Waals surface area contributed by atoms with Crippen LogP contribution in [0.15, 0.2) is 18.6 Å². The van der Waals surface area contributed by atoms with Crippen molar-refractivity contribution in [3.05, 3.63) is 23.2 Å². The molecule has 0 fully saturated rings. The Kier molecular flexibility index (Phi) is 2.55. The van der Waals surface area contributed by atoms with E-state index in [0.29, 0.717) is 9.83 Å². The molecule has 0 aliphatic heterocycles. The Morgan fingerprint density at radius 2 is 2.29 bits per heavy atom. The molecule has 0 saturated heterocycles. The van der Waals surface area contributed by atoms with E-state index in [1.54, 1.807) is 25.7 Å². The minimum absolute atomic E-state index is 0.616. The summed E-state index contributed by atoms with van der Waals surface area (Å²) >= 11 is 6.34. The van der Waals surface area contributed by atoms with E-state index in [4.69, 9.17) is 17.0 Å². The van der Waals surface area contributed by atoms with Crippen LogP contribution in [0.1, 0.15) is 0 Å². The van der Waals surface area contributed by atoms with E-state index < -0.39 is 0 Å². The third-order valence-electron chi connectivity index (χ3n) is 1.58. The predicted molar refractivity (Wildman–Crippen MR) is 57.1 cm³/mol. The number of H-pyrrole nitrogens is 1. The van der Waals surface area contributed by atoms with Crippen molar-refractivity contribution in [3.63, 3.8) is 0 Å². The maximum atomic E-state index is 4.99. The van der Waals surface area contributed by atoms with Crippen molar-refractivity contribution in [2.75, 3.05) is 7.11 Å². The number of thiazole rings is 1. The smallest absolute Gasteiger partial charge is 0.273 e. The molecule has 0 spiro atoms. The average molecular weight is 225 g/mol. The fourth-order valence-electron chi connectivity index (χ4n) is 0.948. The first kappa shape index (κ1) is 9.29. The number of nitrogens with zero attached hydrogens (tertiary/aromatic N) is 2. The number of ether oxygens (including phenoxy) is 1. The largest absolute Gasteiger partial charge is 0.473 e. The molecule has 0 bridgehead atoms. The van der Waals surface area contributed by atoms with E-state index in [1.807, 2.05) is 0 Å². The number of aromatic amines is 1. The van der Waals surface area contributed by atoms with Gasteiger partial charge in [0, 0.05) is 6.20 Å². The van der Waals surface area contributed by atoms with Gasteiger partial charge in [0.1, 0.15) is 4.64 Å². The maximum absolute atomic E-state index is 4.99. The Morgan fingerprint density at radius 1 is 1.43 bits per heavy atom. The van der Waals surface area contributed by atoms with E-state index in [2.05, 4.69) is 15.0 Å². The van der Waals surface area contributed by atoms with Crippen molar-refractivity contribution in [1.82, 2.24) is 15.0 Å². The topological polar surface area (TPSA) is 50.8 Å². The molecule has 0 radical (unpaired) electrons. The molecule has 0 saturated carbocycles. The molecule has 2 aromatic heterocycles. The van der Waals surface area contributed by atoms with Gasteiger partial charge in [-0.05, 0) is 0 Å². The first-order valence-corrected chi connectivity index (χ1v) is 5.07. The standard InChI is InChI=1S/C8H7N3OS2/c1-12-8-11-3-6(14-8)5-2-10-7(13)4-9-5/h2-4H,1H3,(H,10,13). The number of hydrogen-bond acceptors (Lipinski definition) is 5. The van der Waals surface area contributed by atoms with E-state index in [0.717, 1.165) is 10.6 Å². The number of methoxy groups -OCH3 is 1. The van der Waals surface area contributed by atoms with Crippen LogP contribution in [0, 0.1) is 4.64 Å². The molecular weight excluding hydrogens is 218 g/mol. The van der Waals surface area contributed by atoms with Gasteiger partial charge >= 0.3 is 0 Å². The predicted octanol–water partition coefficient (Wildman–Crippen LogP) is 2.27. The number of aromatic nitrogens is 3. The van der Waals surface area contributed by atoms with Crippen LogP contribution in [0.4, 0.5) is 0 Å². The highest BCUT2D eigenvalue weighted by molar-refractivity contribution is 7.71. The summed E-state index contributed by atoms with van der Waals surface area (Å²) in [5, 5.41) is 0.629. The normalized spacial score (nSPS) is 10.1. The molecule has 0 aliphatic rings. The molecule has 0 amide bonds. The maximum Gasteiger partial charge on any atom is 0.273 e. The Bertz CT molecular complexity index is 471. The minimum Gasteiger partial charge on any atom is -0.473 e. The van der Waals surface area contributed by atoms with Crippen LogP contribution >= 0.6 is 23.6 Å². The molecule has 14 heavy (non-hydrogen) atoms. The molecule has 0 unspecified atom stereocenters. The lowest BCUT2D eigenvalue weighted by molar-refractivity contribution is 0.412. The summed E-state index contributed by atoms with van der Waals surface area (Å²) in [5.41, 5.74) is 0.819. The minimum atomic E-state index is 0.616. The summed E-state index contributed by atoms with van der Waals surface area (Å²) < 4.78 is 5.60. The number of nitrogens with one attached hydrogen (secondary N) is 1. The highest BCUT2D eigenvalue weighted by Crippen LogP contribution is 2.27. The molecule has 0 aliphatic carbocycles. The Balaban J connectivity index is 2.39. The molecule has 72 valence electrons. The third kappa shape index (κ3) is 1.80. The van der Waals surface area contributed by atoms with Gasteiger partial charge < -0.3 is 9.72 Å². The lowest BCUT2D eigenvalue weighted by atomic mass is 10.4. The van der Waals surface area contributed by atoms with E-state index in [9.17, 15) is 0 Å². The fourth-order valence-corrected chi connectivity index (χ4v) is 1.76. The summed E-state index contributed by atoms with van der Waals surface area (Å²) in [6.45, 7) is 0. The highest BCUT2D eigenvalue weighted by Gasteiger charge is 2.04. The highest BCUT2D eigenvalue weighted by atomic mass is 32.1. The van der Waals surface area contributed by atoms with Crippen molar-refractivity contribution >= 4 is 23.6 Å². The summed E-state index contributed by atoms with van der Waals surface area (Å²) in [6.07, 6.45) is 5.09. The van der Waals surface area contributed by atoms with Crippen molar-refractivity contribution in [2.45, 2.75) is 0 Å². The molecule has 4 nitrogen and oxygen atoms in total. The van der Waals surface area contributed by atoms with Gasteiger partial charge in [-0.15, -0.1) is 0 Å². The zero-order valence-electron chi connectivity index (χ0n) is 7.35. The molecule has 2 aromatic rings. The molecule has 0 aromatic carbocycles. The zero-order chi connectivity index (χ0) is 9.97. The number of rotatable bonds is 2. The SMILES string of the molecule is COc1ncc(-c2c[nH]c(=S)cn2)s1. The first-order valence-electron chi connectivity index (χ1n) is 3.84. The average Bonchev–Trinajstić information content (AvgIpc) is 2.67. The molecule has 0 atom stereocenters. The summed E-state index contributed by atoms with van der Waals surface area (Å²) in [6, 6.07) is 0. The second-order valence-corrected chi connectivity index (χ2v) is 3.92. The zero-order valence-corrected chi connectivity index (χ0v) is 8.98. The van der Waals surface area contributed by atoms with Crippen LogP contribution < -0.4 is 4.74 Å². The van der Waals surface area contributed by atoms with Crippen molar-refractivity contribution < 1.29 is 4.74 Å². The lowest BCUT2D eigenvalue weighted by Gasteiger charge is -1.93. The van der Waals surface area contributed by atoms with E-state index in [1.165, 1.54) is 11.3 Å². The summed E-state index contributed by atoms with van der Waals surface area (Å²) in [5.74, 6) is 0. The quantitative estimate of drug-likeness (QED) is 0.797. The van der Waals surface area contributed by atoms with Gasteiger partial charge in [0.15, 0.2) is 0 Å². The monoisotopic (exact) mass is 225 g/mol. The summed E-state index contributed by atoms with van der Waals surface area (Å²) in [4.78, 5) is 12.1. The molecular formula is C8H7N3OS2. The fraction of sp³-hybridized carbons (Fsp3) is 0.125. The van der Waals surface area contributed by atoms with Crippen LogP contribution in [0.25, 0.3) is 10.6 Å². The van der Waals surface area contributed by atoms with Gasteiger partial charge in [-0.1, -0.05) is 23.6 Å². The molecule has 2 heterocycles. The molecule has 1 N–H and O–H groups in total. The van der Waals surface area contributed by atoms with E-state index >= 15 is 0 Å². The van der Waals surface area contributed by atoms with Gasteiger partial charge in [0.2, 0.25) is 0 Å². The van der Waals surface area contributed by atoms with Gasteiger partial charge in [0.05, 0.1) is 30.1 Å². The third-order valence-corrected chi connectivity index (χ3v) is 2.79. The van der Waals surface area contributed by atoms with Crippen molar-refractivity contribution in [2.24, 2.45) is 0 Å². The summed E-state index contributed by atoms with van der Waals surface area (Å²) in [7, 11) is 1.59. The molecule has 2 rings (SSSR count). The van der Waals surface area contributed by atoms with Gasteiger partial charge in [0.25, 0.3) is 5.19 Å². The van der Waals surface area contributed by atoms with Gasteiger partial charge in [-0.25, -0.2) is 4.98 Å². The van der Waals surface area contributed by atoms with Crippen LogP contribution in [0.3, 0.4) is 0 Å². The number of hydrogen-bond donors (Lipinski definition) is 1. The van der Waals surface area contributed by atoms with Crippen LogP contribution in [-0.2, 0) is 0 Å². The van der Waals surface area contributed by atoms with Crippen molar-refractivity contribution in [3.8, 4) is 15.8 Å². The van der Waals surface area contributed by atoms with Gasteiger partial charge in [-0.2, -0.15) is 0 Å². The second kappa shape index (κ2) is 3.85. The Hall–Kier alpha value is -1.27. The van der Waals surface area contributed by atoms with Crippen LogP contribution in [0.5, 0.6) is 5.19 Å². The van der Waals surface area contributed by atoms with Gasteiger partial charge in [-0.3, -0.25) is 4.98 Å². The Labute approximate surface area is 89.6 Å². The van der Waals surface area contributed by atoms with Crippen molar-refractivity contribution in [1.29, 1.82) is 0 Å². The van der Waals surface area contributed by atoms with Crippen LogP contribution in [-0.4, -0.2) is 22.1 Å². The van der Waals surface area contributed by atoms with E-state index in [-0.39, 0.29) is 0 Å².